The molecular weight excluding hydrogens is 300 g/mol. The minimum absolute atomic E-state index is 0.315. The summed E-state index contributed by atoms with van der Waals surface area (Å²) in [5.74, 6) is 0.877. The summed E-state index contributed by atoms with van der Waals surface area (Å²) < 4.78 is 5.72. The van der Waals surface area contributed by atoms with Crippen LogP contribution in [0, 0.1) is 0 Å². The first-order valence-electron chi connectivity index (χ1n) is 7.93. The molecule has 2 aliphatic heterocycles. The number of nitrogens with zero attached hydrogens (tertiary/aromatic N) is 1. The third kappa shape index (κ3) is 4.23. The molecule has 0 aliphatic carbocycles. The molecule has 0 saturated carbocycles. The molecule has 2 heterocycles. The Morgan fingerprint density at radius 1 is 1.32 bits per heavy atom. The highest BCUT2D eigenvalue weighted by Crippen LogP contribution is 2.28. The molecule has 120 valence electrons. The van der Waals surface area contributed by atoms with Gasteiger partial charge in [-0.25, -0.2) is 0 Å². The molecule has 5 heteroatoms. The van der Waals surface area contributed by atoms with Crippen LogP contribution in [0.1, 0.15) is 18.4 Å². The van der Waals surface area contributed by atoms with E-state index in [0.29, 0.717) is 18.2 Å². The van der Waals surface area contributed by atoms with Gasteiger partial charge in [0.2, 0.25) is 0 Å². The molecule has 1 aromatic rings. The number of aliphatic hydroxyl groups excluding tert-OH is 1. The second kappa shape index (κ2) is 7.47. The van der Waals surface area contributed by atoms with Crippen LogP contribution in [0.4, 0.5) is 0 Å². The predicted octanol–water partition coefficient (Wildman–Crippen LogP) is 2.16. The Morgan fingerprint density at radius 2 is 2.14 bits per heavy atom. The Balaban J connectivity index is 1.45. The molecule has 0 radical (unpaired) electrons. The van der Waals surface area contributed by atoms with Crippen molar-refractivity contribution in [3.63, 3.8) is 0 Å². The Hall–Kier alpha value is -1.07. The standard InChI is InChI=1S/C17H23ClN2O2/c18-15-3-4-17-14(8-15)7-13(12-22-17)9-19-10-16(21)11-20-5-1-2-6-20/h3-4,7-8,16,19,21H,1-2,5-6,9-12H2. The van der Waals surface area contributed by atoms with E-state index in [9.17, 15) is 5.11 Å². The minimum Gasteiger partial charge on any atom is -0.489 e. The number of rotatable bonds is 6. The van der Waals surface area contributed by atoms with Gasteiger partial charge in [-0.15, -0.1) is 0 Å². The van der Waals surface area contributed by atoms with Crippen molar-refractivity contribution >= 4 is 17.7 Å². The molecule has 1 unspecified atom stereocenters. The largest absolute Gasteiger partial charge is 0.489 e. The van der Waals surface area contributed by atoms with Gasteiger partial charge in [0.05, 0.1) is 6.10 Å². The lowest BCUT2D eigenvalue weighted by molar-refractivity contribution is 0.124. The smallest absolute Gasteiger partial charge is 0.127 e. The van der Waals surface area contributed by atoms with Gasteiger partial charge < -0.3 is 20.1 Å². The SMILES string of the molecule is OC(CNCC1=Cc2cc(Cl)ccc2OC1)CN1CCCC1. The number of aliphatic hydroxyl groups is 1. The summed E-state index contributed by atoms with van der Waals surface area (Å²) in [6.45, 7) is 4.92. The second-order valence-electron chi connectivity index (χ2n) is 6.07. The van der Waals surface area contributed by atoms with Gasteiger partial charge in [-0.1, -0.05) is 11.6 Å². The van der Waals surface area contributed by atoms with Crippen LogP contribution in [0.5, 0.6) is 5.75 Å². The zero-order valence-electron chi connectivity index (χ0n) is 12.7. The number of ether oxygens (including phenoxy) is 1. The van der Waals surface area contributed by atoms with Gasteiger partial charge in [0, 0.05) is 30.2 Å². The van der Waals surface area contributed by atoms with Crippen molar-refractivity contribution in [2.45, 2.75) is 18.9 Å². The van der Waals surface area contributed by atoms with Gasteiger partial charge in [-0.3, -0.25) is 0 Å². The highest BCUT2D eigenvalue weighted by atomic mass is 35.5. The summed E-state index contributed by atoms with van der Waals surface area (Å²) in [7, 11) is 0. The monoisotopic (exact) mass is 322 g/mol. The third-order valence-electron chi connectivity index (χ3n) is 4.14. The van der Waals surface area contributed by atoms with E-state index in [-0.39, 0.29) is 6.10 Å². The van der Waals surface area contributed by atoms with Gasteiger partial charge in [-0.2, -0.15) is 0 Å². The molecule has 0 spiro atoms. The topological polar surface area (TPSA) is 44.7 Å². The molecule has 0 amide bonds. The van der Waals surface area contributed by atoms with Gasteiger partial charge in [-0.05, 0) is 55.8 Å². The molecule has 2 aliphatic rings. The fourth-order valence-electron chi connectivity index (χ4n) is 3.02. The number of fused-ring (bicyclic) bond motifs is 1. The lowest BCUT2D eigenvalue weighted by Crippen LogP contribution is -2.38. The first kappa shape index (κ1) is 15.8. The zero-order chi connectivity index (χ0) is 15.4. The Morgan fingerprint density at radius 3 is 2.95 bits per heavy atom. The van der Waals surface area contributed by atoms with Crippen molar-refractivity contribution in [1.82, 2.24) is 10.2 Å². The fraction of sp³-hybridized carbons (Fsp3) is 0.529. The molecule has 1 fully saturated rings. The molecule has 0 aromatic heterocycles. The summed E-state index contributed by atoms with van der Waals surface area (Å²) in [6.07, 6.45) is 4.31. The van der Waals surface area contributed by atoms with E-state index in [2.05, 4.69) is 16.3 Å². The van der Waals surface area contributed by atoms with Crippen molar-refractivity contribution in [1.29, 1.82) is 0 Å². The maximum atomic E-state index is 10.1. The minimum atomic E-state index is -0.315. The van der Waals surface area contributed by atoms with Crippen molar-refractivity contribution < 1.29 is 9.84 Å². The Bertz CT molecular complexity index is 541. The first-order valence-corrected chi connectivity index (χ1v) is 8.31. The summed E-state index contributed by atoms with van der Waals surface area (Å²) >= 11 is 6.01. The van der Waals surface area contributed by atoms with Crippen molar-refractivity contribution in [3.05, 3.63) is 34.4 Å². The molecule has 22 heavy (non-hydrogen) atoms. The third-order valence-corrected chi connectivity index (χ3v) is 4.38. The highest BCUT2D eigenvalue weighted by Gasteiger charge is 2.16. The average Bonchev–Trinajstić information content (AvgIpc) is 2.99. The van der Waals surface area contributed by atoms with Gasteiger partial charge >= 0.3 is 0 Å². The highest BCUT2D eigenvalue weighted by molar-refractivity contribution is 6.30. The maximum absolute atomic E-state index is 10.1. The van der Waals surface area contributed by atoms with Crippen molar-refractivity contribution in [3.8, 4) is 5.75 Å². The molecule has 3 rings (SSSR count). The summed E-state index contributed by atoms with van der Waals surface area (Å²) in [5.41, 5.74) is 2.19. The van der Waals surface area contributed by atoms with Crippen LogP contribution in [0.2, 0.25) is 5.02 Å². The number of hydrogen-bond donors (Lipinski definition) is 2. The van der Waals surface area contributed by atoms with E-state index in [0.717, 1.165) is 37.5 Å². The number of benzene rings is 1. The molecule has 0 bridgehead atoms. The normalized spacial score (nSPS) is 19.5. The van der Waals surface area contributed by atoms with E-state index in [1.807, 2.05) is 18.2 Å². The number of β-amino-alcohol motifs (C(OH)–C–C–N with tert-alkyl or cyclic N) is 1. The lowest BCUT2D eigenvalue weighted by Gasteiger charge is -2.21. The molecule has 2 N–H and O–H groups in total. The molecule has 1 saturated heterocycles. The van der Waals surface area contributed by atoms with Crippen LogP contribution in [-0.4, -0.2) is 55.4 Å². The van der Waals surface area contributed by atoms with Crippen LogP contribution in [0.15, 0.2) is 23.8 Å². The quantitative estimate of drug-likeness (QED) is 0.842. The lowest BCUT2D eigenvalue weighted by atomic mass is 10.1. The molecule has 4 nitrogen and oxygen atoms in total. The molecular formula is C17H23ClN2O2. The van der Waals surface area contributed by atoms with Gasteiger partial charge in [0.15, 0.2) is 0 Å². The van der Waals surface area contributed by atoms with Crippen LogP contribution >= 0.6 is 11.6 Å². The number of halogens is 1. The maximum Gasteiger partial charge on any atom is 0.127 e. The number of likely N-dealkylation sites (tertiary alicyclic amines) is 1. The Labute approximate surface area is 136 Å². The molecule has 1 aromatic carbocycles. The summed E-state index contributed by atoms with van der Waals surface area (Å²) in [6, 6.07) is 5.66. The van der Waals surface area contributed by atoms with Gasteiger partial charge in [0.25, 0.3) is 0 Å². The predicted molar refractivity (Wildman–Crippen MR) is 89.5 cm³/mol. The van der Waals surface area contributed by atoms with Crippen molar-refractivity contribution in [2.75, 3.05) is 39.3 Å². The van der Waals surface area contributed by atoms with E-state index in [4.69, 9.17) is 16.3 Å². The van der Waals surface area contributed by atoms with E-state index in [1.54, 1.807) is 0 Å². The van der Waals surface area contributed by atoms with Crippen LogP contribution < -0.4 is 10.1 Å². The fourth-order valence-corrected chi connectivity index (χ4v) is 3.21. The van der Waals surface area contributed by atoms with Gasteiger partial charge in [0.1, 0.15) is 12.4 Å². The van der Waals surface area contributed by atoms with E-state index in [1.165, 1.54) is 18.4 Å². The zero-order valence-corrected chi connectivity index (χ0v) is 13.5. The number of nitrogens with one attached hydrogen (secondary N) is 1. The molecule has 1 atom stereocenters. The van der Waals surface area contributed by atoms with E-state index < -0.39 is 0 Å². The Kier molecular flexibility index (Phi) is 5.37. The average molecular weight is 323 g/mol. The van der Waals surface area contributed by atoms with Crippen molar-refractivity contribution in [2.24, 2.45) is 0 Å². The summed E-state index contributed by atoms with van der Waals surface area (Å²) in [4.78, 5) is 2.33. The van der Waals surface area contributed by atoms with E-state index >= 15 is 0 Å². The first-order chi connectivity index (χ1) is 10.7. The van der Waals surface area contributed by atoms with Crippen LogP contribution in [0.3, 0.4) is 0 Å². The number of hydrogen-bond acceptors (Lipinski definition) is 4. The summed E-state index contributed by atoms with van der Waals surface area (Å²) in [5, 5.41) is 14.1. The van der Waals surface area contributed by atoms with Crippen LogP contribution in [-0.2, 0) is 0 Å². The van der Waals surface area contributed by atoms with Crippen LogP contribution in [0.25, 0.3) is 6.08 Å². The second-order valence-corrected chi connectivity index (χ2v) is 6.50.